The zero-order chi connectivity index (χ0) is 23.1. The van der Waals surface area contributed by atoms with Gasteiger partial charge >= 0.3 is 11.9 Å². The highest BCUT2D eigenvalue weighted by Gasteiger charge is 2.49. The van der Waals surface area contributed by atoms with Crippen LogP contribution in [0.5, 0.6) is 0 Å². The number of carbonyl (C=O) groups is 4. The fourth-order valence-electron chi connectivity index (χ4n) is 2.48. The second kappa shape index (κ2) is 10.8. The summed E-state index contributed by atoms with van der Waals surface area (Å²) in [5.41, 5.74) is 5.56. The lowest BCUT2D eigenvalue weighted by molar-refractivity contribution is -0.166. The predicted octanol–water partition coefficient (Wildman–Crippen LogP) is 0.992. The molecule has 0 aromatic heterocycles. The summed E-state index contributed by atoms with van der Waals surface area (Å²) in [5, 5.41) is 19.5. The minimum absolute atomic E-state index is 0.0718. The van der Waals surface area contributed by atoms with Crippen molar-refractivity contribution in [2.75, 3.05) is 0 Å². The maximum atomic E-state index is 12.0. The molecule has 2 amide bonds. The highest BCUT2D eigenvalue weighted by atomic mass is 16.8. The number of carbonyl (C=O) groups excluding carboxylic acids is 2. The molecule has 0 radical (unpaired) electrons. The van der Waals surface area contributed by atoms with Gasteiger partial charge in [0.25, 0.3) is 11.8 Å². The van der Waals surface area contributed by atoms with Crippen LogP contribution in [0.1, 0.15) is 44.5 Å². The Morgan fingerprint density at radius 1 is 1.10 bits per heavy atom. The predicted molar refractivity (Wildman–Crippen MR) is 105 cm³/mol. The molecule has 0 bridgehead atoms. The monoisotopic (exact) mass is 424 g/mol. The average molecular weight is 424 g/mol. The van der Waals surface area contributed by atoms with Gasteiger partial charge in [0.15, 0.2) is 18.0 Å². The second-order valence-corrected chi connectivity index (χ2v) is 7.25. The SMILES string of the molecule is CC1(C)O[C@@H](C(=O)O)[C@H](C(=O)NC(=O)c2ccccc2)O1.CC[C@H](C)[C@H](N)C(=O)O. The van der Waals surface area contributed by atoms with Crippen LogP contribution in [0.2, 0.25) is 0 Å². The molecule has 1 fully saturated rings. The highest BCUT2D eigenvalue weighted by Crippen LogP contribution is 2.28. The topological polar surface area (TPSA) is 165 Å². The summed E-state index contributed by atoms with van der Waals surface area (Å²) in [6.07, 6.45) is -2.03. The molecule has 1 heterocycles. The third kappa shape index (κ3) is 7.21. The highest BCUT2D eigenvalue weighted by molar-refractivity contribution is 6.06. The van der Waals surface area contributed by atoms with Crippen LogP contribution < -0.4 is 11.1 Å². The molecular formula is C20H28N2O8. The van der Waals surface area contributed by atoms with E-state index in [2.05, 4.69) is 5.32 Å². The third-order valence-electron chi connectivity index (χ3n) is 4.41. The first-order chi connectivity index (χ1) is 13.9. The lowest BCUT2D eigenvalue weighted by Gasteiger charge is -2.16. The van der Waals surface area contributed by atoms with Crippen molar-refractivity contribution in [2.24, 2.45) is 11.7 Å². The summed E-state index contributed by atoms with van der Waals surface area (Å²) in [6, 6.07) is 7.40. The largest absolute Gasteiger partial charge is 0.480 e. The summed E-state index contributed by atoms with van der Waals surface area (Å²) in [6.45, 7) is 6.75. The Bertz CT molecular complexity index is 765. The van der Waals surface area contributed by atoms with E-state index in [1.54, 1.807) is 18.2 Å². The molecule has 10 heteroatoms. The van der Waals surface area contributed by atoms with E-state index in [9.17, 15) is 19.2 Å². The number of nitrogens with one attached hydrogen (secondary N) is 1. The Balaban J connectivity index is 0.000000424. The van der Waals surface area contributed by atoms with E-state index in [4.69, 9.17) is 25.4 Å². The average Bonchev–Trinajstić information content (AvgIpc) is 3.03. The molecule has 4 atom stereocenters. The molecule has 1 aromatic carbocycles. The quantitative estimate of drug-likeness (QED) is 0.487. The molecular weight excluding hydrogens is 396 g/mol. The Hall–Kier alpha value is -2.82. The first kappa shape index (κ1) is 25.2. The summed E-state index contributed by atoms with van der Waals surface area (Å²) >= 11 is 0. The molecule has 2 rings (SSSR count). The van der Waals surface area contributed by atoms with Crippen molar-refractivity contribution in [1.29, 1.82) is 0 Å². The number of hydrogen-bond donors (Lipinski definition) is 4. The first-order valence-electron chi connectivity index (χ1n) is 9.36. The van der Waals surface area contributed by atoms with Crippen molar-refractivity contribution in [2.45, 2.75) is 58.2 Å². The van der Waals surface area contributed by atoms with Crippen molar-refractivity contribution in [3.05, 3.63) is 35.9 Å². The molecule has 30 heavy (non-hydrogen) atoms. The number of imide groups is 1. The van der Waals surface area contributed by atoms with Gasteiger partial charge in [-0.2, -0.15) is 0 Å². The van der Waals surface area contributed by atoms with Gasteiger partial charge in [-0.25, -0.2) is 4.79 Å². The maximum Gasteiger partial charge on any atom is 0.336 e. The maximum absolute atomic E-state index is 12.0. The number of ether oxygens (including phenoxy) is 2. The smallest absolute Gasteiger partial charge is 0.336 e. The second-order valence-electron chi connectivity index (χ2n) is 7.25. The third-order valence-corrected chi connectivity index (χ3v) is 4.41. The Morgan fingerprint density at radius 2 is 1.63 bits per heavy atom. The number of rotatable bonds is 6. The normalized spacial score (nSPS) is 21.5. The van der Waals surface area contributed by atoms with Gasteiger partial charge in [-0.05, 0) is 31.9 Å². The number of carboxylic acids is 2. The summed E-state index contributed by atoms with van der Waals surface area (Å²) < 4.78 is 10.4. The van der Waals surface area contributed by atoms with Crippen LogP contribution in [0, 0.1) is 5.92 Å². The molecule has 1 aliphatic heterocycles. The van der Waals surface area contributed by atoms with Gasteiger partial charge in [-0.3, -0.25) is 19.7 Å². The lowest BCUT2D eigenvalue weighted by atomic mass is 10.0. The van der Waals surface area contributed by atoms with Crippen LogP contribution in [-0.2, 0) is 23.9 Å². The van der Waals surface area contributed by atoms with E-state index in [1.807, 2.05) is 13.8 Å². The summed E-state index contributed by atoms with van der Waals surface area (Å²) in [7, 11) is 0. The van der Waals surface area contributed by atoms with Crippen LogP contribution in [0.25, 0.3) is 0 Å². The Labute approximate surface area is 174 Å². The number of benzene rings is 1. The van der Waals surface area contributed by atoms with Gasteiger partial charge in [0.2, 0.25) is 0 Å². The molecule has 1 saturated heterocycles. The van der Waals surface area contributed by atoms with Crippen molar-refractivity contribution >= 4 is 23.8 Å². The number of nitrogens with two attached hydrogens (primary N) is 1. The fourth-order valence-corrected chi connectivity index (χ4v) is 2.48. The molecule has 0 aliphatic carbocycles. The Morgan fingerprint density at radius 3 is 2.07 bits per heavy atom. The van der Waals surface area contributed by atoms with Crippen LogP contribution in [0.15, 0.2) is 30.3 Å². The van der Waals surface area contributed by atoms with Crippen LogP contribution >= 0.6 is 0 Å². The van der Waals surface area contributed by atoms with Crippen LogP contribution in [0.4, 0.5) is 0 Å². The standard InChI is InChI=1S/C14H15NO6.C6H13NO2/c1-14(2)20-9(10(21-14)13(18)19)12(17)15-11(16)8-6-4-3-5-7-8;1-3-4(2)5(7)6(8)9/h3-7,9-10H,1-2H3,(H,18,19)(H,15,16,17);4-5H,3,7H2,1-2H3,(H,8,9)/t9-,10-;4-,5-/m10/s1. The van der Waals surface area contributed by atoms with Gasteiger partial charge < -0.3 is 25.4 Å². The van der Waals surface area contributed by atoms with Gasteiger partial charge in [0.1, 0.15) is 6.04 Å². The van der Waals surface area contributed by atoms with E-state index < -0.39 is 47.8 Å². The molecule has 5 N–H and O–H groups in total. The van der Waals surface area contributed by atoms with Crippen LogP contribution in [0.3, 0.4) is 0 Å². The molecule has 10 nitrogen and oxygen atoms in total. The summed E-state index contributed by atoms with van der Waals surface area (Å²) in [5.74, 6) is -4.85. The number of carboxylic acid groups (broad SMARTS) is 2. The van der Waals surface area contributed by atoms with E-state index in [1.165, 1.54) is 26.0 Å². The molecule has 0 saturated carbocycles. The fraction of sp³-hybridized carbons (Fsp3) is 0.500. The molecule has 166 valence electrons. The van der Waals surface area contributed by atoms with Crippen molar-refractivity contribution in [3.63, 3.8) is 0 Å². The minimum Gasteiger partial charge on any atom is -0.480 e. The molecule has 1 aliphatic rings. The van der Waals surface area contributed by atoms with E-state index >= 15 is 0 Å². The van der Waals surface area contributed by atoms with Crippen molar-refractivity contribution in [3.8, 4) is 0 Å². The number of aliphatic carboxylic acids is 2. The molecule has 1 aromatic rings. The van der Waals surface area contributed by atoms with Crippen molar-refractivity contribution < 1.29 is 38.9 Å². The number of amides is 2. The summed E-state index contributed by atoms with van der Waals surface area (Å²) in [4.78, 5) is 45.2. The first-order valence-corrected chi connectivity index (χ1v) is 9.36. The minimum atomic E-state index is -1.46. The van der Waals surface area contributed by atoms with Gasteiger partial charge in [-0.1, -0.05) is 38.5 Å². The molecule has 0 unspecified atom stereocenters. The van der Waals surface area contributed by atoms with Gasteiger partial charge in [-0.15, -0.1) is 0 Å². The molecule has 0 spiro atoms. The van der Waals surface area contributed by atoms with Crippen molar-refractivity contribution in [1.82, 2.24) is 5.32 Å². The Kier molecular flexibility index (Phi) is 9.09. The van der Waals surface area contributed by atoms with Crippen LogP contribution in [-0.4, -0.2) is 58.0 Å². The van der Waals surface area contributed by atoms with E-state index in [0.29, 0.717) is 0 Å². The zero-order valence-corrected chi connectivity index (χ0v) is 17.3. The van der Waals surface area contributed by atoms with E-state index in [-0.39, 0.29) is 11.5 Å². The lowest BCUT2D eigenvalue weighted by Crippen LogP contribution is -2.46. The van der Waals surface area contributed by atoms with E-state index in [0.717, 1.165) is 6.42 Å². The number of hydrogen-bond acceptors (Lipinski definition) is 7. The van der Waals surface area contributed by atoms with Gasteiger partial charge in [0, 0.05) is 5.56 Å². The zero-order valence-electron chi connectivity index (χ0n) is 17.3. The van der Waals surface area contributed by atoms with Gasteiger partial charge in [0.05, 0.1) is 0 Å².